The Bertz CT molecular complexity index is 412. The molecule has 1 spiro atoms. The van der Waals surface area contributed by atoms with Crippen molar-refractivity contribution in [3.8, 4) is 0 Å². The van der Waals surface area contributed by atoms with Crippen molar-refractivity contribution < 1.29 is 4.39 Å². The summed E-state index contributed by atoms with van der Waals surface area (Å²) in [7, 11) is 2.06. The maximum Gasteiger partial charge on any atom is 0.148 e. The second-order valence-corrected chi connectivity index (χ2v) is 5.20. The zero-order chi connectivity index (χ0) is 11.2. The fourth-order valence-electron chi connectivity index (χ4n) is 2.94. The van der Waals surface area contributed by atoms with E-state index in [4.69, 9.17) is 0 Å². The number of hydrogen-bond acceptors (Lipinski definition) is 2. The highest BCUT2D eigenvalue weighted by Crippen LogP contribution is 2.45. The first-order chi connectivity index (χ1) is 7.70. The van der Waals surface area contributed by atoms with Gasteiger partial charge >= 0.3 is 0 Å². The van der Waals surface area contributed by atoms with Gasteiger partial charge in [-0.2, -0.15) is 0 Å². The molecule has 0 aromatic heterocycles. The smallest absolute Gasteiger partial charge is 0.148 e. The van der Waals surface area contributed by atoms with E-state index in [-0.39, 0.29) is 5.82 Å². The third kappa shape index (κ3) is 1.38. The Labute approximate surface area is 95.4 Å². The molecule has 0 atom stereocenters. The van der Waals surface area contributed by atoms with Crippen molar-refractivity contribution in [3.05, 3.63) is 24.0 Å². The molecule has 16 heavy (non-hydrogen) atoms. The summed E-state index contributed by atoms with van der Waals surface area (Å²) in [5.41, 5.74) is 2.04. The van der Waals surface area contributed by atoms with Crippen LogP contribution in [0.5, 0.6) is 0 Å². The molecule has 3 rings (SSSR count). The van der Waals surface area contributed by atoms with Crippen LogP contribution in [0.15, 0.2) is 18.2 Å². The van der Waals surface area contributed by atoms with Crippen LogP contribution in [0.3, 0.4) is 0 Å². The molecule has 2 nitrogen and oxygen atoms in total. The number of para-hydroxylation sites is 1. The topological polar surface area (TPSA) is 15.3 Å². The summed E-state index contributed by atoms with van der Waals surface area (Å²) in [5.74, 6) is -0.138. The lowest BCUT2D eigenvalue weighted by Gasteiger charge is -2.43. The van der Waals surface area contributed by atoms with Crippen LogP contribution in [0, 0.1) is 11.2 Å². The normalized spacial score (nSPS) is 22.0. The summed E-state index contributed by atoms with van der Waals surface area (Å²) < 4.78 is 13.7. The van der Waals surface area contributed by atoms with Gasteiger partial charge in [-0.25, -0.2) is 4.39 Å². The highest BCUT2D eigenvalue weighted by atomic mass is 19.1. The van der Waals surface area contributed by atoms with Gasteiger partial charge < -0.3 is 10.2 Å². The summed E-state index contributed by atoms with van der Waals surface area (Å²) in [5, 5.41) is 3.30. The van der Waals surface area contributed by atoms with Crippen LogP contribution in [0.2, 0.25) is 0 Å². The number of anilines is 2. The summed E-state index contributed by atoms with van der Waals surface area (Å²) in [6.45, 7) is 1.95. The summed E-state index contributed by atoms with van der Waals surface area (Å²) in [4.78, 5) is 2.19. The number of halogens is 1. The predicted molar refractivity (Wildman–Crippen MR) is 64.4 cm³/mol. The molecule has 1 aromatic rings. The van der Waals surface area contributed by atoms with E-state index in [1.807, 2.05) is 6.07 Å². The lowest BCUT2D eigenvalue weighted by molar-refractivity contribution is 0.162. The minimum atomic E-state index is -0.138. The van der Waals surface area contributed by atoms with Crippen LogP contribution in [0.4, 0.5) is 15.8 Å². The molecule has 1 heterocycles. The van der Waals surface area contributed by atoms with Gasteiger partial charge in [0.25, 0.3) is 0 Å². The Morgan fingerprint density at radius 3 is 2.88 bits per heavy atom. The average molecular weight is 220 g/mol. The van der Waals surface area contributed by atoms with E-state index in [1.165, 1.54) is 25.3 Å². The van der Waals surface area contributed by atoms with Gasteiger partial charge in [0.05, 0.1) is 11.4 Å². The maximum atomic E-state index is 13.7. The molecule has 0 radical (unpaired) electrons. The van der Waals surface area contributed by atoms with Gasteiger partial charge in [-0.3, -0.25) is 0 Å². The first kappa shape index (κ1) is 9.94. The van der Waals surface area contributed by atoms with Crippen molar-refractivity contribution in [1.29, 1.82) is 0 Å². The molecule has 1 saturated carbocycles. The first-order valence-corrected chi connectivity index (χ1v) is 5.94. The zero-order valence-electron chi connectivity index (χ0n) is 9.59. The molecule has 0 saturated heterocycles. The number of fused-ring (bicyclic) bond motifs is 1. The molecule has 1 aromatic carbocycles. The highest BCUT2D eigenvalue weighted by molar-refractivity contribution is 5.71. The molecule has 0 amide bonds. The summed E-state index contributed by atoms with van der Waals surface area (Å²) >= 11 is 0. The minimum Gasteiger partial charge on any atom is -0.380 e. The van der Waals surface area contributed by atoms with Gasteiger partial charge in [0.2, 0.25) is 0 Å². The number of benzene rings is 1. The Hall–Kier alpha value is -1.25. The lowest BCUT2D eigenvalue weighted by Crippen LogP contribution is -2.43. The van der Waals surface area contributed by atoms with Crippen molar-refractivity contribution in [2.45, 2.75) is 19.3 Å². The van der Waals surface area contributed by atoms with Crippen molar-refractivity contribution >= 4 is 11.4 Å². The molecule has 2 aliphatic rings. The molecular formula is C13H17FN2. The molecule has 1 fully saturated rings. The molecule has 1 aliphatic carbocycles. The molecule has 86 valence electrons. The van der Waals surface area contributed by atoms with Gasteiger partial charge in [-0.05, 0) is 25.0 Å². The highest BCUT2D eigenvalue weighted by Gasteiger charge is 2.40. The molecule has 0 bridgehead atoms. The largest absolute Gasteiger partial charge is 0.380 e. The molecule has 1 aliphatic heterocycles. The Kier molecular flexibility index (Phi) is 2.09. The Balaban J connectivity index is 1.98. The van der Waals surface area contributed by atoms with Crippen molar-refractivity contribution in [1.82, 2.24) is 0 Å². The van der Waals surface area contributed by atoms with E-state index in [0.29, 0.717) is 11.1 Å². The Morgan fingerprint density at radius 2 is 2.19 bits per heavy atom. The second kappa shape index (κ2) is 3.37. The third-order valence-electron chi connectivity index (χ3n) is 4.03. The van der Waals surface area contributed by atoms with Crippen LogP contribution < -0.4 is 10.2 Å². The van der Waals surface area contributed by atoms with Gasteiger partial charge in [0.1, 0.15) is 5.82 Å². The van der Waals surface area contributed by atoms with E-state index in [0.717, 1.165) is 18.8 Å². The fourth-order valence-corrected chi connectivity index (χ4v) is 2.94. The number of hydrogen-bond donors (Lipinski definition) is 1. The molecular weight excluding hydrogens is 203 g/mol. The van der Waals surface area contributed by atoms with Crippen LogP contribution >= 0.6 is 0 Å². The van der Waals surface area contributed by atoms with Crippen LogP contribution in [-0.4, -0.2) is 20.1 Å². The molecule has 3 heteroatoms. The van der Waals surface area contributed by atoms with Crippen molar-refractivity contribution in [3.63, 3.8) is 0 Å². The average Bonchev–Trinajstić information content (AvgIpc) is 2.37. The van der Waals surface area contributed by atoms with E-state index in [1.54, 1.807) is 6.07 Å². The van der Waals surface area contributed by atoms with E-state index in [9.17, 15) is 4.39 Å². The Morgan fingerprint density at radius 1 is 1.38 bits per heavy atom. The fraction of sp³-hybridized carbons (Fsp3) is 0.538. The summed E-state index contributed by atoms with van der Waals surface area (Å²) in [6.07, 6.45) is 3.84. The van der Waals surface area contributed by atoms with E-state index < -0.39 is 0 Å². The second-order valence-electron chi connectivity index (χ2n) is 5.20. The van der Waals surface area contributed by atoms with Gasteiger partial charge in [-0.1, -0.05) is 12.5 Å². The quantitative estimate of drug-likeness (QED) is 0.723. The summed E-state index contributed by atoms with van der Waals surface area (Å²) in [6, 6.07) is 5.30. The van der Waals surface area contributed by atoms with E-state index >= 15 is 0 Å². The van der Waals surface area contributed by atoms with Gasteiger partial charge in [0.15, 0.2) is 0 Å². The van der Waals surface area contributed by atoms with Crippen molar-refractivity contribution in [2.24, 2.45) is 5.41 Å². The van der Waals surface area contributed by atoms with Crippen molar-refractivity contribution in [2.75, 3.05) is 30.4 Å². The monoisotopic (exact) mass is 220 g/mol. The minimum absolute atomic E-state index is 0.138. The van der Waals surface area contributed by atoms with Gasteiger partial charge in [0, 0.05) is 25.6 Å². The van der Waals surface area contributed by atoms with Crippen LogP contribution in [-0.2, 0) is 0 Å². The number of nitrogens with zero attached hydrogens (tertiary/aromatic N) is 1. The number of nitrogens with one attached hydrogen (secondary N) is 1. The lowest BCUT2D eigenvalue weighted by atomic mass is 9.68. The predicted octanol–water partition coefficient (Wildman–Crippen LogP) is 2.86. The van der Waals surface area contributed by atoms with E-state index in [2.05, 4.69) is 17.3 Å². The first-order valence-electron chi connectivity index (χ1n) is 5.94. The zero-order valence-corrected chi connectivity index (χ0v) is 9.59. The van der Waals surface area contributed by atoms with Crippen LogP contribution in [0.25, 0.3) is 0 Å². The van der Waals surface area contributed by atoms with Crippen LogP contribution in [0.1, 0.15) is 19.3 Å². The SMILES string of the molecule is CN1CC2(CCC2)CNc2c(F)cccc21. The third-order valence-corrected chi connectivity index (χ3v) is 4.03. The van der Waals surface area contributed by atoms with Gasteiger partial charge in [-0.15, -0.1) is 0 Å². The standard InChI is InChI=1S/C13H17FN2/c1-16-9-13(6-3-7-13)8-15-12-10(14)4-2-5-11(12)16/h2,4-5,15H,3,6-9H2,1H3. The maximum absolute atomic E-state index is 13.7. The molecule has 0 unspecified atom stereocenters. The number of rotatable bonds is 0. The molecule has 1 N–H and O–H groups in total.